The number of carbonyl (C=O) groups is 1. The lowest BCUT2D eigenvalue weighted by atomic mass is 9.79. The molecule has 0 aromatic carbocycles. The Morgan fingerprint density at radius 2 is 1.43 bits per heavy atom. The Morgan fingerprint density at radius 3 is 2.09 bits per heavy atom. The third-order valence-corrected chi connectivity index (χ3v) is 35.1. The van der Waals surface area contributed by atoms with Crippen LogP contribution in [0.4, 0.5) is 0 Å². The summed E-state index contributed by atoms with van der Waals surface area (Å²) in [6, 6.07) is 6.13. The number of rotatable bonds is 21. The van der Waals surface area contributed by atoms with E-state index < -0.39 is 42.9 Å². The van der Waals surface area contributed by atoms with Gasteiger partial charge in [0.25, 0.3) is 0 Å². The molecule has 8 bridgehead atoms. The number of oxazole rings is 2. The van der Waals surface area contributed by atoms with Gasteiger partial charge >= 0.3 is 5.97 Å². The second-order valence-corrected chi connectivity index (χ2v) is 40.6. The minimum atomic E-state index is -2.22. The maximum Gasteiger partial charge on any atom is 0.330 e. The molecule has 2 aromatic rings. The van der Waals surface area contributed by atoms with E-state index >= 15 is 0 Å². The summed E-state index contributed by atoms with van der Waals surface area (Å²) < 4.78 is 74.9. The number of ether oxygens (including phenoxy) is 6. The molecule has 0 N–H and O–H groups in total. The van der Waals surface area contributed by atoms with Crippen LogP contribution < -0.4 is 0 Å². The predicted octanol–water partition coefficient (Wildman–Crippen LogP) is 15.8. The maximum atomic E-state index is 13.9. The molecule has 0 aliphatic carbocycles. The molecule has 5 aliphatic rings. The molecule has 7 heterocycles. The lowest BCUT2D eigenvalue weighted by Gasteiger charge is -2.48. The van der Waals surface area contributed by atoms with Gasteiger partial charge in [-0.15, -0.1) is 0 Å². The highest BCUT2D eigenvalue weighted by Crippen LogP contribution is 2.47. The average Bonchev–Trinajstić information content (AvgIpc) is 4.30. The Morgan fingerprint density at radius 1 is 0.765 bits per heavy atom. The minimum Gasteiger partial charge on any atom is -0.458 e. The van der Waals surface area contributed by atoms with Crippen LogP contribution >= 0.6 is 0 Å². The quantitative estimate of drug-likeness (QED) is 0.0662. The Kier molecular flexibility index (Phi) is 23.6. The van der Waals surface area contributed by atoms with E-state index in [0.29, 0.717) is 79.2 Å². The van der Waals surface area contributed by atoms with Crippen molar-refractivity contribution in [1.82, 2.24) is 9.97 Å². The van der Waals surface area contributed by atoms with E-state index in [2.05, 4.69) is 117 Å². The summed E-state index contributed by atoms with van der Waals surface area (Å²) >= 11 is 0. The maximum absolute atomic E-state index is 13.9. The van der Waals surface area contributed by atoms with Gasteiger partial charge in [-0.2, -0.15) is 0 Å². The van der Waals surface area contributed by atoms with Crippen molar-refractivity contribution in [3.05, 3.63) is 71.6 Å². The Bertz CT molecular complexity index is 2370. The van der Waals surface area contributed by atoms with Crippen molar-refractivity contribution in [2.24, 2.45) is 11.8 Å². The highest BCUT2D eigenvalue weighted by molar-refractivity contribution is 6.77. The Labute approximate surface area is 491 Å². The van der Waals surface area contributed by atoms with Gasteiger partial charge < -0.3 is 50.5 Å². The fourth-order valence-electron chi connectivity index (χ4n) is 14.7. The first kappa shape index (κ1) is 65.7. The molecule has 0 radical (unpaired) electrons. The zero-order valence-corrected chi connectivity index (χ0v) is 55.7. The van der Waals surface area contributed by atoms with Crippen LogP contribution in [0.2, 0.25) is 52.9 Å². The van der Waals surface area contributed by atoms with E-state index in [4.69, 9.17) is 60.5 Å². The largest absolute Gasteiger partial charge is 0.458 e. The zero-order chi connectivity index (χ0) is 58.9. The lowest BCUT2D eigenvalue weighted by Crippen LogP contribution is -2.57. The Balaban J connectivity index is 1.15. The van der Waals surface area contributed by atoms with Crippen molar-refractivity contribution >= 4 is 43.1 Å². The van der Waals surface area contributed by atoms with E-state index in [1.54, 1.807) is 25.7 Å². The molecular weight excluding hydrogens is 1070 g/mol. The van der Waals surface area contributed by atoms with Crippen LogP contribution in [0.15, 0.2) is 57.3 Å². The van der Waals surface area contributed by atoms with Crippen molar-refractivity contribution in [1.29, 1.82) is 0 Å². The number of fused-ring (bicyclic) bond motifs is 9. The van der Waals surface area contributed by atoms with Gasteiger partial charge in [0.1, 0.15) is 36.1 Å². The highest BCUT2D eigenvalue weighted by atomic mass is 28.4. The van der Waals surface area contributed by atoms with Crippen molar-refractivity contribution in [2.45, 2.75) is 288 Å². The average molecular weight is 1180 g/mol. The van der Waals surface area contributed by atoms with Crippen LogP contribution in [0.25, 0.3) is 12.2 Å². The molecule has 4 fully saturated rings. The van der Waals surface area contributed by atoms with Crippen LogP contribution in [-0.2, 0) is 52.9 Å². The number of aromatic nitrogens is 2. The van der Waals surface area contributed by atoms with E-state index in [1.165, 1.54) is 0 Å². The smallest absolute Gasteiger partial charge is 0.330 e. The van der Waals surface area contributed by atoms with Crippen LogP contribution in [-0.4, -0.2) is 115 Å². The van der Waals surface area contributed by atoms with Gasteiger partial charge in [0, 0.05) is 50.7 Å². The second-order valence-electron chi connectivity index (χ2n) is 25.7. The van der Waals surface area contributed by atoms with Crippen molar-refractivity contribution in [3.8, 4) is 0 Å². The van der Waals surface area contributed by atoms with Gasteiger partial charge in [0.15, 0.2) is 28.3 Å². The normalized spacial score (nSPS) is 32.2. The standard InChI is InChI=1S/C64H106N2O12Si3/c1-18-79(19-2,20-3)71-40-55-35-54(68-17)37-64(76-55,78-80(21-4,22-5)23-6)38-60-65-49(39-69-60)32-46(14)62-48(16)63-47(15)57(74-62)27-25-28-59-66-56(41-70-59)58-36-53(77-81(42(7)8,43(9)10)44(11)12)34-52(73-58)33-51-31-45(13)30-50(72-51)26-24-29-61(67)75-63/h24-25,28-29,32,39,41-44,47-48,50-55,57-58,62-63H,13,18-23,26-27,30-31,33-38,40H2,1-12,14-17H3/b28-25-,29-24-,46-32+/t47-,48-,50-,51+,52+,53-,54+,55+,57+,58+,62-,63-,64+/m0/s1. The fourth-order valence-corrected chi connectivity index (χ4v) is 25.9. The number of esters is 1. The fraction of sp³-hybridized carbons (Fsp3) is 0.766. The number of methoxy groups -OCH3 is 1. The molecule has 2 aromatic heterocycles. The molecule has 14 nitrogen and oxygen atoms in total. The third kappa shape index (κ3) is 16.0. The highest BCUT2D eigenvalue weighted by Gasteiger charge is 2.51. The Hall–Kier alpha value is -2.82. The molecule has 0 spiro atoms. The van der Waals surface area contributed by atoms with E-state index in [-0.39, 0.29) is 66.6 Å². The minimum absolute atomic E-state index is 0.00685. The molecule has 5 aliphatic heterocycles. The monoisotopic (exact) mass is 1180 g/mol. The molecule has 0 amide bonds. The summed E-state index contributed by atoms with van der Waals surface area (Å²) in [5.74, 6) is -0.669. The molecule has 456 valence electrons. The van der Waals surface area contributed by atoms with Crippen LogP contribution in [0, 0.1) is 11.8 Å². The van der Waals surface area contributed by atoms with E-state index in [9.17, 15) is 4.79 Å². The predicted molar refractivity (Wildman–Crippen MR) is 328 cm³/mol. The SMILES string of the molecule is C=C1C[C@@H]2C[C@@H]3C[C@H](O[Si](C(C)C)(C(C)C)C(C)C)C[C@@H](O3)c3coc(n3)/C=C\C[C@H]3O[C@@H](/C(C)=C/c4coc(C[C@]5(O[Si](CC)(CC)CC)C[C@H](OC)C[C@H](CO[Si](CC)(CC)CC)O5)n4)[C@H](C)[C@@H](OC(=O)/C=C\C[C@@H](C1)O2)[C@H]3C. The number of hydrogen-bond donors (Lipinski definition) is 0. The van der Waals surface area contributed by atoms with Gasteiger partial charge in [-0.3, -0.25) is 0 Å². The number of carbonyl (C=O) groups excluding carboxylic acids is 1. The van der Waals surface area contributed by atoms with Gasteiger partial charge in [-0.25, -0.2) is 14.8 Å². The van der Waals surface area contributed by atoms with Crippen LogP contribution in [0.3, 0.4) is 0 Å². The van der Waals surface area contributed by atoms with Gasteiger partial charge in [-0.05, 0) is 110 Å². The molecule has 81 heavy (non-hydrogen) atoms. The molecule has 13 atom stereocenters. The summed E-state index contributed by atoms with van der Waals surface area (Å²) in [7, 11) is -4.52. The molecule has 0 unspecified atom stereocenters. The van der Waals surface area contributed by atoms with E-state index in [1.807, 2.05) is 18.2 Å². The van der Waals surface area contributed by atoms with Crippen molar-refractivity contribution < 1.29 is 55.3 Å². The first-order valence-electron chi connectivity index (χ1n) is 31.6. The summed E-state index contributed by atoms with van der Waals surface area (Å²) in [5.41, 5.74) is 4.88. The van der Waals surface area contributed by atoms with E-state index in [0.717, 1.165) is 78.8 Å². The molecule has 17 heteroatoms. The summed E-state index contributed by atoms with van der Waals surface area (Å²) in [6.07, 6.45) is 17.4. The first-order valence-corrected chi connectivity index (χ1v) is 38.8. The molecular formula is C64H106N2O12Si3. The number of hydrogen-bond acceptors (Lipinski definition) is 14. The summed E-state index contributed by atoms with van der Waals surface area (Å²) in [4.78, 5) is 24.1. The topological polar surface area (TPSA) is 152 Å². The third-order valence-electron chi connectivity index (χ3n) is 19.6. The lowest BCUT2D eigenvalue weighted by molar-refractivity contribution is -0.269. The van der Waals surface area contributed by atoms with Gasteiger partial charge in [0.05, 0.1) is 61.9 Å². The van der Waals surface area contributed by atoms with Crippen molar-refractivity contribution in [3.63, 3.8) is 0 Å². The zero-order valence-electron chi connectivity index (χ0n) is 52.7. The van der Waals surface area contributed by atoms with Crippen LogP contribution in [0.5, 0.6) is 0 Å². The summed E-state index contributed by atoms with van der Waals surface area (Å²) in [5, 5.41) is 0. The first-order chi connectivity index (χ1) is 38.6. The molecule has 4 saturated heterocycles. The molecule has 0 saturated carbocycles. The second kappa shape index (κ2) is 29.0. The van der Waals surface area contributed by atoms with Crippen LogP contribution in [0.1, 0.15) is 191 Å². The summed E-state index contributed by atoms with van der Waals surface area (Å²) in [6.45, 7) is 38.8. The number of nitrogens with zero attached hydrogens (tertiary/aromatic N) is 2. The van der Waals surface area contributed by atoms with Crippen molar-refractivity contribution in [2.75, 3.05) is 13.7 Å². The molecule has 7 rings (SSSR count). The van der Waals surface area contributed by atoms with Gasteiger partial charge in [-0.1, -0.05) is 121 Å². The van der Waals surface area contributed by atoms with Gasteiger partial charge in [0.2, 0.25) is 14.2 Å².